The smallest absolute Gasteiger partial charge is 0.224 e. The molecule has 1 aliphatic heterocycles. The fraction of sp³-hybridized carbons (Fsp3) is 0.692. The van der Waals surface area contributed by atoms with E-state index in [0.29, 0.717) is 6.54 Å². The summed E-state index contributed by atoms with van der Waals surface area (Å²) in [5.74, 6) is 0.657. The van der Waals surface area contributed by atoms with Gasteiger partial charge in [0.1, 0.15) is 5.76 Å². The zero-order valence-electron chi connectivity index (χ0n) is 11.3. The van der Waals surface area contributed by atoms with Gasteiger partial charge in [-0.15, -0.1) is 0 Å². The summed E-state index contributed by atoms with van der Waals surface area (Å²) in [4.78, 5) is 13.8. The largest absolute Gasteiger partial charge is 0.369 e. The Hall–Kier alpha value is -1.36. The van der Waals surface area contributed by atoms with E-state index in [2.05, 4.69) is 10.1 Å². The number of rotatable bonds is 3. The van der Waals surface area contributed by atoms with Gasteiger partial charge in [0.2, 0.25) is 5.91 Å². The number of hydrogen-bond donors (Lipinski definition) is 1. The van der Waals surface area contributed by atoms with Crippen LogP contribution in [0.4, 0.5) is 0 Å². The second kappa shape index (κ2) is 4.72. The highest BCUT2D eigenvalue weighted by atomic mass is 16.5. The molecular weight excluding hydrogens is 230 g/mol. The van der Waals surface area contributed by atoms with Crippen molar-refractivity contribution in [3.8, 4) is 0 Å². The van der Waals surface area contributed by atoms with E-state index in [1.54, 1.807) is 0 Å². The van der Waals surface area contributed by atoms with Gasteiger partial charge in [0.05, 0.1) is 11.1 Å². The molecule has 1 fully saturated rings. The summed E-state index contributed by atoms with van der Waals surface area (Å²) >= 11 is 0. The molecule has 0 radical (unpaired) electrons. The zero-order chi connectivity index (χ0) is 13.3. The van der Waals surface area contributed by atoms with Crippen molar-refractivity contribution in [2.45, 2.75) is 40.2 Å². The van der Waals surface area contributed by atoms with Crippen LogP contribution in [-0.4, -0.2) is 29.1 Å². The zero-order valence-corrected chi connectivity index (χ0v) is 11.3. The summed E-state index contributed by atoms with van der Waals surface area (Å²) in [6.07, 6.45) is 1.88. The van der Waals surface area contributed by atoms with Gasteiger partial charge in [0.15, 0.2) is 0 Å². The van der Waals surface area contributed by atoms with Gasteiger partial charge in [0, 0.05) is 18.7 Å². The quantitative estimate of drug-likeness (QED) is 0.880. The molecule has 1 aromatic rings. The minimum Gasteiger partial charge on any atom is -0.369 e. The molecule has 1 aromatic heterocycles. The van der Waals surface area contributed by atoms with E-state index >= 15 is 0 Å². The standard InChI is InChI=1S/C13H21N3O2/c1-9-11(10(2)18-15-9)7-16-6-4-5-13(3,8-16)12(14)17/h4-8H2,1-3H3,(H2,14,17). The highest BCUT2D eigenvalue weighted by Crippen LogP contribution is 2.30. The summed E-state index contributed by atoms with van der Waals surface area (Å²) in [5, 5.41) is 3.96. The van der Waals surface area contributed by atoms with E-state index in [9.17, 15) is 4.79 Å². The van der Waals surface area contributed by atoms with Crippen molar-refractivity contribution >= 4 is 5.91 Å². The van der Waals surface area contributed by atoms with E-state index in [1.165, 1.54) is 0 Å². The molecule has 2 heterocycles. The SMILES string of the molecule is Cc1noc(C)c1CN1CCCC(C)(C(N)=O)C1. The number of carbonyl (C=O) groups is 1. The summed E-state index contributed by atoms with van der Waals surface area (Å²) in [6, 6.07) is 0. The van der Waals surface area contributed by atoms with Gasteiger partial charge in [0.25, 0.3) is 0 Å². The maximum Gasteiger partial charge on any atom is 0.224 e. The molecule has 1 saturated heterocycles. The highest BCUT2D eigenvalue weighted by molar-refractivity contribution is 5.80. The fourth-order valence-electron chi connectivity index (χ4n) is 2.63. The van der Waals surface area contributed by atoms with Crippen molar-refractivity contribution in [2.75, 3.05) is 13.1 Å². The Morgan fingerprint density at radius 3 is 2.83 bits per heavy atom. The molecule has 100 valence electrons. The average molecular weight is 251 g/mol. The van der Waals surface area contributed by atoms with Crippen LogP contribution < -0.4 is 5.73 Å². The van der Waals surface area contributed by atoms with Crippen LogP contribution in [0.15, 0.2) is 4.52 Å². The normalized spacial score (nSPS) is 25.3. The number of aryl methyl sites for hydroxylation is 2. The van der Waals surface area contributed by atoms with Crippen molar-refractivity contribution in [3.05, 3.63) is 17.0 Å². The van der Waals surface area contributed by atoms with Gasteiger partial charge in [-0.1, -0.05) is 5.16 Å². The van der Waals surface area contributed by atoms with E-state index in [1.807, 2.05) is 20.8 Å². The van der Waals surface area contributed by atoms with Crippen LogP contribution in [0.1, 0.15) is 36.8 Å². The van der Waals surface area contributed by atoms with Crippen LogP contribution >= 0.6 is 0 Å². The van der Waals surface area contributed by atoms with E-state index in [4.69, 9.17) is 10.3 Å². The minimum atomic E-state index is -0.406. The van der Waals surface area contributed by atoms with E-state index < -0.39 is 5.41 Å². The van der Waals surface area contributed by atoms with Crippen molar-refractivity contribution in [1.82, 2.24) is 10.1 Å². The van der Waals surface area contributed by atoms with Gasteiger partial charge in [-0.3, -0.25) is 9.69 Å². The van der Waals surface area contributed by atoms with Gasteiger partial charge in [-0.2, -0.15) is 0 Å². The lowest BCUT2D eigenvalue weighted by molar-refractivity contribution is -0.129. The molecule has 0 aromatic carbocycles. The van der Waals surface area contributed by atoms with Crippen molar-refractivity contribution in [2.24, 2.45) is 11.1 Å². The Labute approximate surface area is 107 Å². The van der Waals surface area contributed by atoms with Crippen LogP contribution in [0, 0.1) is 19.3 Å². The first kappa shape index (κ1) is 13.1. The first-order chi connectivity index (χ1) is 8.42. The Balaban J connectivity index is 2.09. The third-order valence-corrected chi connectivity index (χ3v) is 3.93. The third kappa shape index (κ3) is 2.41. The average Bonchev–Trinajstić information content (AvgIpc) is 2.61. The molecule has 5 heteroatoms. The Morgan fingerprint density at radius 2 is 2.28 bits per heavy atom. The van der Waals surface area contributed by atoms with Gasteiger partial charge >= 0.3 is 0 Å². The predicted octanol–water partition coefficient (Wildman–Crippen LogP) is 1.38. The summed E-state index contributed by atoms with van der Waals surface area (Å²) < 4.78 is 5.17. The summed E-state index contributed by atoms with van der Waals surface area (Å²) in [5.41, 5.74) is 7.15. The van der Waals surface area contributed by atoms with Gasteiger partial charge in [-0.25, -0.2) is 0 Å². The highest BCUT2D eigenvalue weighted by Gasteiger charge is 2.36. The lowest BCUT2D eigenvalue weighted by Crippen LogP contribution is -2.48. The fourth-order valence-corrected chi connectivity index (χ4v) is 2.63. The maximum atomic E-state index is 11.5. The number of primary amides is 1. The molecular formula is C13H21N3O2. The molecule has 1 atom stereocenters. The third-order valence-electron chi connectivity index (χ3n) is 3.93. The molecule has 1 unspecified atom stereocenters. The number of carbonyl (C=O) groups excluding carboxylic acids is 1. The molecule has 2 N–H and O–H groups in total. The number of amides is 1. The van der Waals surface area contributed by atoms with Gasteiger partial charge in [-0.05, 0) is 40.2 Å². The van der Waals surface area contributed by atoms with Crippen molar-refractivity contribution in [3.63, 3.8) is 0 Å². The van der Waals surface area contributed by atoms with E-state index in [-0.39, 0.29) is 5.91 Å². The van der Waals surface area contributed by atoms with Crippen LogP contribution in [0.25, 0.3) is 0 Å². The molecule has 0 bridgehead atoms. The lowest BCUT2D eigenvalue weighted by Gasteiger charge is -2.38. The summed E-state index contributed by atoms with van der Waals surface area (Å²) in [6.45, 7) is 8.31. The maximum absolute atomic E-state index is 11.5. The van der Waals surface area contributed by atoms with Crippen molar-refractivity contribution in [1.29, 1.82) is 0 Å². The molecule has 5 nitrogen and oxygen atoms in total. The number of piperidine rings is 1. The number of nitrogens with zero attached hydrogens (tertiary/aromatic N) is 2. The number of likely N-dealkylation sites (tertiary alicyclic amines) is 1. The lowest BCUT2D eigenvalue weighted by atomic mass is 9.81. The molecule has 0 saturated carbocycles. The molecule has 1 amide bonds. The second-order valence-corrected chi connectivity index (χ2v) is 5.54. The Morgan fingerprint density at radius 1 is 1.56 bits per heavy atom. The Bertz CT molecular complexity index is 436. The Kier molecular flexibility index (Phi) is 3.43. The minimum absolute atomic E-state index is 0.203. The molecule has 2 rings (SSSR count). The number of nitrogens with two attached hydrogens (primary N) is 1. The first-order valence-electron chi connectivity index (χ1n) is 6.36. The van der Waals surface area contributed by atoms with E-state index in [0.717, 1.165) is 42.9 Å². The van der Waals surface area contributed by atoms with Crippen molar-refractivity contribution < 1.29 is 9.32 Å². The predicted molar refractivity (Wildman–Crippen MR) is 67.8 cm³/mol. The molecule has 0 spiro atoms. The number of hydrogen-bond acceptors (Lipinski definition) is 4. The molecule has 1 aliphatic rings. The topological polar surface area (TPSA) is 72.4 Å². The molecule has 18 heavy (non-hydrogen) atoms. The van der Waals surface area contributed by atoms with Crippen LogP contribution in [0.3, 0.4) is 0 Å². The van der Waals surface area contributed by atoms with Crippen LogP contribution in [0.5, 0.6) is 0 Å². The first-order valence-corrected chi connectivity index (χ1v) is 6.36. The number of aromatic nitrogens is 1. The monoisotopic (exact) mass is 251 g/mol. The second-order valence-electron chi connectivity index (χ2n) is 5.54. The van der Waals surface area contributed by atoms with Crippen LogP contribution in [-0.2, 0) is 11.3 Å². The molecule has 0 aliphatic carbocycles. The summed E-state index contributed by atoms with van der Waals surface area (Å²) in [7, 11) is 0. The van der Waals surface area contributed by atoms with Crippen LogP contribution in [0.2, 0.25) is 0 Å². The van der Waals surface area contributed by atoms with Gasteiger partial charge < -0.3 is 10.3 Å².